The number of carbonyl (C=O) groups excluding carboxylic acids is 1. The van der Waals surface area contributed by atoms with Crippen molar-refractivity contribution in [2.24, 2.45) is 0 Å². The number of aromatic nitrogens is 2. The molecule has 2 rings (SSSR count). The van der Waals surface area contributed by atoms with E-state index in [4.69, 9.17) is 9.47 Å². The second-order valence-electron chi connectivity index (χ2n) is 6.89. The number of aryl methyl sites for hydroxylation is 1. The largest absolute Gasteiger partial charge is 0.488 e. The Kier molecular flexibility index (Phi) is 9.26. The Bertz CT molecular complexity index is 884. The zero-order chi connectivity index (χ0) is 21.9. The van der Waals surface area contributed by atoms with Crippen LogP contribution in [0.15, 0.2) is 30.6 Å². The molecule has 0 fully saturated rings. The van der Waals surface area contributed by atoms with Crippen molar-refractivity contribution in [3.05, 3.63) is 47.4 Å². The monoisotopic (exact) mass is 410 g/mol. The van der Waals surface area contributed by atoms with Crippen LogP contribution in [0.25, 0.3) is 0 Å². The number of nitrogens with zero attached hydrogens (tertiary/aromatic N) is 3. The highest BCUT2D eigenvalue weighted by Gasteiger charge is 2.12. The minimum atomic E-state index is -0.301. The molecule has 1 N–H and O–H groups in total. The Balaban J connectivity index is 2.26. The van der Waals surface area contributed by atoms with Gasteiger partial charge in [0.15, 0.2) is 5.82 Å². The summed E-state index contributed by atoms with van der Waals surface area (Å²) in [7, 11) is 1.62. The first-order valence-corrected chi connectivity index (χ1v) is 10.1. The smallest absolute Gasteiger partial charge is 0.257 e. The van der Waals surface area contributed by atoms with E-state index in [1.807, 2.05) is 19.9 Å². The molecular weight excluding hydrogens is 380 g/mol. The maximum Gasteiger partial charge on any atom is 0.257 e. The zero-order valence-electron chi connectivity index (χ0n) is 18.4. The van der Waals surface area contributed by atoms with E-state index in [0.29, 0.717) is 35.8 Å². The molecule has 1 aromatic heterocycles. The number of hydrogen-bond acceptors (Lipinski definition) is 6. The molecule has 160 valence electrons. The van der Waals surface area contributed by atoms with Gasteiger partial charge in [0, 0.05) is 18.2 Å². The van der Waals surface area contributed by atoms with Crippen LogP contribution in [-0.4, -0.2) is 60.2 Å². The molecule has 1 aromatic carbocycles. The average molecular weight is 411 g/mol. The summed E-state index contributed by atoms with van der Waals surface area (Å²) in [5.41, 5.74) is 1.93. The van der Waals surface area contributed by atoms with Gasteiger partial charge in [-0.25, -0.2) is 4.98 Å². The number of hydrogen-bond donors (Lipinski definition) is 1. The Labute approximate surface area is 178 Å². The van der Waals surface area contributed by atoms with E-state index >= 15 is 0 Å². The maximum atomic E-state index is 12.8. The second-order valence-corrected chi connectivity index (χ2v) is 6.89. The van der Waals surface area contributed by atoms with Crippen molar-refractivity contribution in [2.45, 2.75) is 33.8 Å². The molecule has 0 aliphatic heterocycles. The number of anilines is 1. The third-order valence-corrected chi connectivity index (χ3v) is 4.36. The molecular formula is C23H30N4O3. The first-order valence-electron chi connectivity index (χ1n) is 10.1. The number of ether oxygens (including phenoxy) is 2. The van der Waals surface area contributed by atoms with E-state index in [-0.39, 0.29) is 12.0 Å². The van der Waals surface area contributed by atoms with E-state index < -0.39 is 0 Å². The van der Waals surface area contributed by atoms with Gasteiger partial charge in [0.1, 0.15) is 11.9 Å². The molecule has 1 atom stereocenters. The van der Waals surface area contributed by atoms with Crippen LogP contribution in [0.5, 0.6) is 5.75 Å². The van der Waals surface area contributed by atoms with Crippen molar-refractivity contribution in [2.75, 3.05) is 38.7 Å². The van der Waals surface area contributed by atoms with Gasteiger partial charge in [-0.05, 0) is 45.1 Å². The third-order valence-electron chi connectivity index (χ3n) is 4.36. The fourth-order valence-electron chi connectivity index (χ4n) is 2.72. The zero-order valence-corrected chi connectivity index (χ0v) is 18.4. The number of rotatable bonds is 9. The highest BCUT2D eigenvalue weighted by molar-refractivity contribution is 6.04. The highest BCUT2D eigenvalue weighted by Crippen LogP contribution is 2.19. The molecule has 30 heavy (non-hydrogen) atoms. The predicted molar refractivity (Wildman–Crippen MR) is 118 cm³/mol. The summed E-state index contributed by atoms with van der Waals surface area (Å²) in [6.45, 7) is 10.9. The molecule has 0 radical (unpaired) electrons. The SMILES string of the molecule is CCN(CC)CC#Cc1cc(O[C@@H](C)COC)cc(C(=O)Nc2cnc(C)cn2)c1. The molecule has 0 unspecified atom stereocenters. The topological polar surface area (TPSA) is 76.6 Å². The van der Waals surface area contributed by atoms with Gasteiger partial charge in [-0.15, -0.1) is 0 Å². The Morgan fingerprint density at radius 1 is 1.20 bits per heavy atom. The second kappa shape index (κ2) is 11.9. The van der Waals surface area contributed by atoms with E-state index in [1.54, 1.807) is 25.4 Å². The Morgan fingerprint density at radius 2 is 1.97 bits per heavy atom. The normalized spacial score (nSPS) is 11.5. The average Bonchev–Trinajstić information content (AvgIpc) is 2.73. The Morgan fingerprint density at radius 3 is 2.60 bits per heavy atom. The lowest BCUT2D eigenvalue weighted by Gasteiger charge is -2.15. The van der Waals surface area contributed by atoms with Crippen LogP contribution in [0, 0.1) is 18.8 Å². The van der Waals surface area contributed by atoms with Gasteiger partial charge in [-0.1, -0.05) is 25.7 Å². The van der Waals surface area contributed by atoms with Crippen LogP contribution in [0.2, 0.25) is 0 Å². The number of benzene rings is 1. The van der Waals surface area contributed by atoms with Crippen molar-refractivity contribution < 1.29 is 14.3 Å². The standard InChI is InChI=1S/C23H30N4O3/c1-6-27(7-2)10-8-9-19-11-20(13-21(12-19)30-18(4)16-29-5)23(28)26-22-15-24-17(3)14-25-22/h11-15,18H,6-7,10,16H2,1-5H3,(H,25,26,28)/t18-/m0/s1. The predicted octanol–water partition coefficient (Wildman–Crippen LogP) is 3.14. The van der Waals surface area contributed by atoms with Gasteiger partial charge in [-0.2, -0.15) is 0 Å². The summed E-state index contributed by atoms with van der Waals surface area (Å²) in [6.07, 6.45) is 2.97. The molecule has 0 saturated carbocycles. The lowest BCUT2D eigenvalue weighted by molar-refractivity contribution is 0.0917. The van der Waals surface area contributed by atoms with E-state index in [9.17, 15) is 4.79 Å². The van der Waals surface area contributed by atoms with Crippen molar-refractivity contribution in [3.8, 4) is 17.6 Å². The van der Waals surface area contributed by atoms with Crippen LogP contribution in [-0.2, 0) is 4.74 Å². The summed E-state index contributed by atoms with van der Waals surface area (Å²) >= 11 is 0. The molecule has 0 bridgehead atoms. The van der Waals surface area contributed by atoms with Gasteiger partial charge >= 0.3 is 0 Å². The van der Waals surface area contributed by atoms with Crippen molar-refractivity contribution >= 4 is 11.7 Å². The fraction of sp³-hybridized carbons (Fsp3) is 0.435. The number of amides is 1. The van der Waals surface area contributed by atoms with Gasteiger partial charge < -0.3 is 14.8 Å². The van der Waals surface area contributed by atoms with Crippen molar-refractivity contribution in [1.29, 1.82) is 0 Å². The lowest BCUT2D eigenvalue weighted by atomic mass is 10.1. The molecule has 0 aliphatic rings. The maximum absolute atomic E-state index is 12.8. The number of methoxy groups -OCH3 is 1. The molecule has 7 heteroatoms. The first kappa shape index (κ1) is 23.3. The van der Waals surface area contributed by atoms with Gasteiger partial charge in [0.25, 0.3) is 5.91 Å². The molecule has 0 spiro atoms. The molecule has 7 nitrogen and oxygen atoms in total. The van der Waals surface area contributed by atoms with Crippen LogP contribution < -0.4 is 10.1 Å². The van der Waals surface area contributed by atoms with E-state index in [0.717, 1.165) is 18.8 Å². The third kappa shape index (κ3) is 7.47. The minimum absolute atomic E-state index is 0.159. The van der Waals surface area contributed by atoms with Gasteiger partial charge in [-0.3, -0.25) is 14.7 Å². The summed E-state index contributed by atoms with van der Waals surface area (Å²) in [5.74, 6) is 6.97. The lowest BCUT2D eigenvalue weighted by Crippen LogP contribution is -2.22. The van der Waals surface area contributed by atoms with Crippen molar-refractivity contribution in [3.63, 3.8) is 0 Å². The van der Waals surface area contributed by atoms with Crippen LogP contribution in [0.3, 0.4) is 0 Å². The first-order chi connectivity index (χ1) is 14.4. The van der Waals surface area contributed by atoms with Gasteiger partial charge in [0.2, 0.25) is 0 Å². The quantitative estimate of drug-likeness (QED) is 0.640. The summed E-state index contributed by atoms with van der Waals surface area (Å²) in [4.78, 5) is 23.3. The molecule has 2 aromatic rings. The summed E-state index contributed by atoms with van der Waals surface area (Å²) < 4.78 is 11.0. The molecule has 1 amide bonds. The van der Waals surface area contributed by atoms with Crippen molar-refractivity contribution in [1.82, 2.24) is 14.9 Å². The molecule has 0 aliphatic carbocycles. The van der Waals surface area contributed by atoms with Crippen LogP contribution in [0.1, 0.15) is 42.4 Å². The highest BCUT2D eigenvalue weighted by atomic mass is 16.5. The van der Waals surface area contributed by atoms with E-state index in [1.165, 1.54) is 6.20 Å². The summed E-state index contributed by atoms with van der Waals surface area (Å²) in [5, 5.41) is 2.76. The number of nitrogens with one attached hydrogen (secondary N) is 1. The van der Waals surface area contributed by atoms with Crippen LogP contribution >= 0.6 is 0 Å². The van der Waals surface area contributed by atoms with E-state index in [2.05, 4.69) is 45.9 Å². The summed E-state index contributed by atoms with van der Waals surface area (Å²) in [6, 6.07) is 5.28. The van der Waals surface area contributed by atoms with Crippen LogP contribution in [0.4, 0.5) is 5.82 Å². The number of carbonyl (C=O) groups is 1. The van der Waals surface area contributed by atoms with Gasteiger partial charge in [0.05, 0.1) is 31.2 Å². The molecule has 0 saturated heterocycles. The minimum Gasteiger partial charge on any atom is -0.488 e. The Hall–Kier alpha value is -2.95. The fourth-order valence-corrected chi connectivity index (χ4v) is 2.72. The molecule has 1 heterocycles.